The summed E-state index contributed by atoms with van der Waals surface area (Å²) in [5.41, 5.74) is -1.07. The summed E-state index contributed by atoms with van der Waals surface area (Å²) in [6, 6.07) is 4.35. The van der Waals surface area contributed by atoms with Crippen molar-refractivity contribution in [1.29, 1.82) is 0 Å². The number of ether oxygens (including phenoxy) is 1. The van der Waals surface area contributed by atoms with Gasteiger partial charge in [-0.15, -0.1) is 13.2 Å². The van der Waals surface area contributed by atoms with Crippen LogP contribution in [0.3, 0.4) is 0 Å². The molecule has 8 heteroatoms. The lowest BCUT2D eigenvalue weighted by atomic mass is 9.78. The van der Waals surface area contributed by atoms with Crippen LogP contribution in [-0.4, -0.2) is 24.7 Å². The molecule has 21 heavy (non-hydrogen) atoms. The molecule has 0 radical (unpaired) electrons. The first-order valence-electron chi connectivity index (χ1n) is 6.32. The van der Waals surface area contributed by atoms with Gasteiger partial charge in [0, 0.05) is 9.94 Å². The van der Waals surface area contributed by atoms with Gasteiger partial charge in [0.25, 0.3) is 0 Å². The minimum atomic E-state index is -4.78. The van der Waals surface area contributed by atoms with Crippen LogP contribution in [0.4, 0.5) is 13.2 Å². The molecule has 2 rings (SSSR count). The Bertz CT molecular complexity index is 530. The Hall–Kier alpha value is -0.725. The Morgan fingerprint density at radius 2 is 1.62 bits per heavy atom. The Labute approximate surface area is 130 Å². The van der Waals surface area contributed by atoms with Crippen LogP contribution in [0.5, 0.6) is 5.75 Å². The standard InChI is InChI=1S/C13H15BBrF3O3/c1-11(2)12(3,4)21-14(20-11)9-6-5-8(15)7-10(9)19-13(16,17)18/h5-7H,1-4H3. The van der Waals surface area contributed by atoms with Gasteiger partial charge < -0.3 is 14.0 Å². The second-order valence-corrected chi connectivity index (χ2v) is 6.73. The Morgan fingerprint density at radius 1 is 1.10 bits per heavy atom. The third-order valence-corrected chi connectivity index (χ3v) is 4.20. The van der Waals surface area contributed by atoms with Crippen molar-refractivity contribution in [3.63, 3.8) is 0 Å². The van der Waals surface area contributed by atoms with Gasteiger partial charge in [0.1, 0.15) is 5.75 Å². The number of hydrogen-bond acceptors (Lipinski definition) is 3. The normalized spacial score (nSPS) is 20.7. The van der Waals surface area contributed by atoms with Crippen molar-refractivity contribution >= 4 is 28.5 Å². The van der Waals surface area contributed by atoms with Crippen LogP contribution in [0.2, 0.25) is 0 Å². The molecule has 1 aliphatic rings. The molecule has 1 aliphatic heterocycles. The summed E-state index contributed by atoms with van der Waals surface area (Å²) in [6.45, 7) is 7.32. The first kappa shape index (κ1) is 16.6. The quantitative estimate of drug-likeness (QED) is 0.748. The molecule has 1 saturated heterocycles. The predicted octanol–water partition coefficient (Wildman–Crippen LogP) is 3.65. The summed E-state index contributed by atoms with van der Waals surface area (Å²) in [7, 11) is -0.916. The minimum absolute atomic E-state index is 0.203. The second-order valence-electron chi connectivity index (χ2n) is 5.82. The van der Waals surface area contributed by atoms with Gasteiger partial charge in [-0.25, -0.2) is 0 Å². The molecule has 0 unspecified atom stereocenters. The highest BCUT2D eigenvalue weighted by molar-refractivity contribution is 9.10. The van der Waals surface area contributed by atoms with Gasteiger partial charge in [0.05, 0.1) is 11.2 Å². The van der Waals surface area contributed by atoms with Gasteiger partial charge >= 0.3 is 13.5 Å². The summed E-state index contributed by atoms with van der Waals surface area (Å²) in [5, 5.41) is 0. The second kappa shape index (κ2) is 5.17. The number of benzene rings is 1. The average Bonchev–Trinajstić information content (AvgIpc) is 2.45. The molecule has 3 nitrogen and oxygen atoms in total. The van der Waals surface area contributed by atoms with E-state index in [-0.39, 0.29) is 11.2 Å². The minimum Gasteiger partial charge on any atom is -0.406 e. The molecule has 0 atom stereocenters. The maximum atomic E-state index is 12.5. The molecule has 1 fully saturated rings. The van der Waals surface area contributed by atoms with Crippen LogP contribution in [0.1, 0.15) is 27.7 Å². The van der Waals surface area contributed by atoms with Gasteiger partial charge in [0.2, 0.25) is 0 Å². The van der Waals surface area contributed by atoms with Crippen molar-refractivity contribution in [3.05, 3.63) is 22.7 Å². The highest BCUT2D eigenvalue weighted by Gasteiger charge is 2.52. The van der Waals surface area contributed by atoms with Gasteiger partial charge in [-0.2, -0.15) is 0 Å². The van der Waals surface area contributed by atoms with Gasteiger partial charge in [-0.05, 0) is 39.8 Å². The molecule has 0 spiro atoms. The molecular weight excluding hydrogens is 352 g/mol. The van der Waals surface area contributed by atoms with E-state index in [0.29, 0.717) is 4.47 Å². The molecule has 116 valence electrons. The van der Waals surface area contributed by atoms with Crippen LogP contribution in [0.15, 0.2) is 22.7 Å². The fraction of sp³-hybridized carbons (Fsp3) is 0.538. The Kier molecular flexibility index (Phi) is 4.10. The molecule has 0 amide bonds. The zero-order valence-corrected chi connectivity index (χ0v) is 13.6. The van der Waals surface area contributed by atoms with E-state index >= 15 is 0 Å². The third-order valence-electron chi connectivity index (χ3n) is 3.71. The fourth-order valence-corrected chi connectivity index (χ4v) is 2.23. The summed E-state index contributed by atoms with van der Waals surface area (Å²) in [6.07, 6.45) is -4.78. The summed E-state index contributed by atoms with van der Waals surface area (Å²) in [4.78, 5) is 0. The number of halogens is 4. The molecule has 1 heterocycles. The van der Waals surface area contributed by atoms with Crippen molar-refractivity contribution in [3.8, 4) is 5.75 Å². The van der Waals surface area contributed by atoms with Crippen molar-refractivity contribution in [1.82, 2.24) is 0 Å². The van der Waals surface area contributed by atoms with Crippen molar-refractivity contribution in [2.75, 3.05) is 0 Å². The van der Waals surface area contributed by atoms with E-state index in [4.69, 9.17) is 9.31 Å². The first-order chi connectivity index (χ1) is 9.41. The number of alkyl halides is 3. The topological polar surface area (TPSA) is 27.7 Å². The average molecular weight is 367 g/mol. The van der Waals surface area contributed by atoms with Crippen LogP contribution in [0, 0.1) is 0 Å². The van der Waals surface area contributed by atoms with E-state index in [9.17, 15) is 13.2 Å². The smallest absolute Gasteiger partial charge is 0.406 e. The molecule has 0 aliphatic carbocycles. The van der Waals surface area contributed by atoms with Crippen LogP contribution >= 0.6 is 15.9 Å². The largest absolute Gasteiger partial charge is 0.573 e. The molecule has 1 aromatic rings. The number of hydrogen-bond donors (Lipinski definition) is 0. The highest BCUT2D eigenvalue weighted by atomic mass is 79.9. The lowest BCUT2D eigenvalue weighted by Crippen LogP contribution is -2.41. The highest BCUT2D eigenvalue weighted by Crippen LogP contribution is 2.37. The van der Waals surface area contributed by atoms with E-state index in [1.807, 2.05) is 27.7 Å². The lowest BCUT2D eigenvalue weighted by Gasteiger charge is -2.32. The molecule has 0 bridgehead atoms. The fourth-order valence-electron chi connectivity index (χ4n) is 1.89. The zero-order valence-electron chi connectivity index (χ0n) is 12.0. The molecular formula is C13H15BBrF3O3. The van der Waals surface area contributed by atoms with Crippen molar-refractivity contribution < 1.29 is 27.2 Å². The van der Waals surface area contributed by atoms with E-state index in [1.165, 1.54) is 12.1 Å². The van der Waals surface area contributed by atoms with Gasteiger partial charge in [0.15, 0.2) is 0 Å². The van der Waals surface area contributed by atoms with Crippen molar-refractivity contribution in [2.45, 2.75) is 45.3 Å². The van der Waals surface area contributed by atoms with E-state index < -0.39 is 24.7 Å². The third kappa shape index (κ3) is 3.55. The van der Waals surface area contributed by atoms with E-state index in [2.05, 4.69) is 20.7 Å². The SMILES string of the molecule is CC1(C)OB(c2ccc(Br)cc2OC(F)(F)F)OC1(C)C. The number of rotatable bonds is 2. The van der Waals surface area contributed by atoms with E-state index in [0.717, 1.165) is 0 Å². The summed E-state index contributed by atoms with van der Waals surface area (Å²) in [5.74, 6) is -0.338. The predicted molar refractivity (Wildman–Crippen MR) is 76.5 cm³/mol. The van der Waals surface area contributed by atoms with Gasteiger partial charge in [-0.3, -0.25) is 0 Å². The molecule has 0 aromatic heterocycles. The first-order valence-corrected chi connectivity index (χ1v) is 7.11. The maximum absolute atomic E-state index is 12.5. The summed E-state index contributed by atoms with van der Waals surface area (Å²) >= 11 is 3.13. The van der Waals surface area contributed by atoms with Crippen LogP contribution in [0.25, 0.3) is 0 Å². The molecule has 0 N–H and O–H groups in total. The zero-order chi connectivity index (χ0) is 16.1. The molecule has 1 aromatic carbocycles. The lowest BCUT2D eigenvalue weighted by molar-refractivity contribution is -0.274. The van der Waals surface area contributed by atoms with Crippen LogP contribution < -0.4 is 10.2 Å². The Morgan fingerprint density at radius 3 is 2.10 bits per heavy atom. The summed E-state index contributed by atoms with van der Waals surface area (Å²) < 4.78 is 53.6. The van der Waals surface area contributed by atoms with Gasteiger partial charge in [-0.1, -0.05) is 22.0 Å². The maximum Gasteiger partial charge on any atom is 0.573 e. The van der Waals surface area contributed by atoms with Crippen LogP contribution in [-0.2, 0) is 9.31 Å². The van der Waals surface area contributed by atoms with Crippen molar-refractivity contribution in [2.24, 2.45) is 0 Å². The molecule has 0 saturated carbocycles. The Balaban J connectivity index is 2.37. The van der Waals surface area contributed by atoms with E-state index in [1.54, 1.807) is 6.07 Å². The monoisotopic (exact) mass is 366 g/mol.